The van der Waals surface area contributed by atoms with Gasteiger partial charge in [0, 0.05) is 25.1 Å². The molecule has 1 aromatic rings. The lowest BCUT2D eigenvalue weighted by Gasteiger charge is -2.13. The van der Waals surface area contributed by atoms with Gasteiger partial charge in [-0.1, -0.05) is 0 Å². The molecule has 0 bridgehead atoms. The standard InChI is InChI=1S/C14H17F2N3O3S2/c15-9-1-2-12(11(16)7-9)19-14(23)17-5-3-13(20)18-10-4-6-24(21,22)8-10/h1-2,7,10H,3-6,8H2,(H,18,20)(H2,17,19,23). The molecular formula is C14H17F2N3O3S2. The Morgan fingerprint density at radius 3 is 2.71 bits per heavy atom. The van der Waals surface area contributed by atoms with Gasteiger partial charge in [0.05, 0.1) is 17.2 Å². The van der Waals surface area contributed by atoms with E-state index in [0.717, 1.165) is 12.1 Å². The summed E-state index contributed by atoms with van der Waals surface area (Å²) >= 11 is 4.96. The minimum absolute atomic E-state index is 0.0227. The second-order valence-corrected chi connectivity index (χ2v) is 8.06. The van der Waals surface area contributed by atoms with Gasteiger partial charge in [-0.15, -0.1) is 0 Å². The fourth-order valence-corrected chi connectivity index (χ4v) is 4.14. The second kappa shape index (κ2) is 7.84. The lowest BCUT2D eigenvalue weighted by molar-refractivity contribution is -0.121. The van der Waals surface area contributed by atoms with Crippen molar-refractivity contribution >= 4 is 38.8 Å². The fraction of sp³-hybridized carbons (Fsp3) is 0.429. The molecule has 6 nitrogen and oxygen atoms in total. The van der Waals surface area contributed by atoms with Crippen LogP contribution in [0.1, 0.15) is 12.8 Å². The highest BCUT2D eigenvalue weighted by Crippen LogP contribution is 2.14. The summed E-state index contributed by atoms with van der Waals surface area (Å²) in [4.78, 5) is 11.7. The van der Waals surface area contributed by atoms with Gasteiger partial charge in [0.25, 0.3) is 0 Å². The third-order valence-corrected chi connectivity index (χ3v) is 5.43. The quantitative estimate of drug-likeness (QED) is 0.662. The molecule has 1 unspecified atom stereocenters. The number of anilines is 1. The number of nitrogens with one attached hydrogen (secondary N) is 3. The molecule has 0 aromatic heterocycles. The number of hydrogen-bond acceptors (Lipinski definition) is 4. The number of halogens is 2. The molecule has 2 rings (SSSR count). The zero-order valence-electron chi connectivity index (χ0n) is 12.6. The first-order valence-corrected chi connectivity index (χ1v) is 9.48. The van der Waals surface area contributed by atoms with Crippen LogP contribution in [0.5, 0.6) is 0 Å². The van der Waals surface area contributed by atoms with Gasteiger partial charge >= 0.3 is 0 Å². The van der Waals surface area contributed by atoms with Crippen LogP contribution in [0.4, 0.5) is 14.5 Å². The van der Waals surface area contributed by atoms with Gasteiger partial charge in [0.15, 0.2) is 14.9 Å². The summed E-state index contributed by atoms with van der Waals surface area (Å²) < 4.78 is 48.9. The van der Waals surface area contributed by atoms with Crippen molar-refractivity contribution in [3.8, 4) is 0 Å². The van der Waals surface area contributed by atoms with E-state index in [1.54, 1.807) is 0 Å². The van der Waals surface area contributed by atoms with Crippen LogP contribution in [0.15, 0.2) is 18.2 Å². The molecule has 24 heavy (non-hydrogen) atoms. The average Bonchev–Trinajstić information content (AvgIpc) is 2.81. The summed E-state index contributed by atoms with van der Waals surface area (Å²) in [5.41, 5.74) is 0.0227. The summed E-state index contributed by atoms with van der Waals surface area (Å²) in [5.74, 6) is -1.70. The van der Waals surface area contributed by atoms with Gasteiger partial charge in [-0.3, -0.25) is 4.79 Å². The van der Waals surface area contributed by atoms with Crippen LogP contribution in [0.25, 0.3) is 0 Å². The topological polar surface area (TPSA) is 87.3 Å². The van der Waals surface area contributed by atoms with E-state index in [0.29, 0.717) is 6.42 Å². The van der Waals surface area contributed by atoms with Crippen LogP contribution < -0.4 is 16.0 Å². The maximum Gasteiger partial charge on any atom is 0.222 e. The largest absolute Gasteiger partial charge is 0.362 e. The number of benzene rings is 1. The number of carbonyl (C=O) groups excluding carboxylic acids is 1. The highest BCUT2D eigenvalue weighted by Gasteiger charge is 2.28. The van der Waals surface area contributed by atoms with E-state index in [-0.39, 0.29) is 47.2 Å². The summed E-state index contributed by atoms with van der Waals surface area (Å²) in [6.07, 6.45) is 0.510. The molecule has 3 N–H and O–H groups in total. The van der Waals surface area contributed by atoms with E-state index < -0.39 is 21.5 Å². The maximum atomic E-state index is 13.4. The first kappa shape index (κ1) is 18.5. The van der Waals surface area contributed by atoms with Crippen LogP contribution in [-0.2, 0) is 14.6 Å². The van der Waals surface area contributed by atoms with Crippen LogP contribution in [0.3, 0.4) is 0 Å². The lowest BCUT2D eigenvalue weighted by Crippen LogP contribution is -2.38. The average molecular weight is 377 g/mol. The maximum absolute atomic E-state index is 13.4. The molecule has 1 atom stereocenters. The van der Waals surface area contributed by atoms with Crippen molar-refractivity contribution in [3.05, 3.63) is 29.8 Å². The molecule has 1 aliphatic heterocycles. The smallest absolute Gasteiger partial charge is 0.222 e. The molecule has 1 fully saturated rings. The molecule has 1 aromatic carbocycles. The minimum atomic E-state index is -3.04. The van der Waals surface area contributed by atoms with E-state index in [1.807, 2.05) is 0 Å². The highest BCUT2D eigenvalue weighted by molar-refractivity contribution is 7.91. The van der Waals surface area contributed by atoms with Gasteiger partial charge in [-0.05, 0) is 30.8 Å². The molecule has 1 aliphatic rings. The molecule has 0 aliphatic carbocycles. The summed E-state index contributed by atoms with van der Waals surface area (Å²) in [5, 5.41) is 8.03. The van der Waals surface area contributed by atoms with E-state index in [9.17, 15) is 22.0 Å². The number of hydrogen-bond donors (Lipinski definition) is 3. The van der Waals surface area contributed by atoms with Crippen molar-refractivity contribution in [1.29, 1.82) is 0 Å². The van der Waals surface area contributed by atoms with Crippen molar-refractivity contribution in [3.63, 3.8) is 0 Å². The number of carbonyl (C=O) groups is 1. The Morgan fingerprint density at radius 2 is 2.08 bits per heavy atom. The van der Waals surface area contributed by atoms with Gasteiger partial charge < -0.3 is 16.0 Å². The third-order valence-electron chi connectivity index (χ3n) is 3.41. The van der Waals surface area contributed by atoms with Crippen molar-refractivity contribution in [2.45, 2.75) is 18.9 Å². The Morgan fingerprint density at radius 1 is 1.33 bits per heavy atom. The Labute approximate surface area is 143 Å². The van der Waals surface area contributed by atoms with Gasteiger partial charge in [0.1, 0.15) is 11.6 Å². The monoisotopic (exact) mass is 377 g/mol. The van der Waals surface area contributed by atoms with Crippen molar-refractivity contribution in [1.82, 2.24) is 10.6 Å². The molecule has 1 amide bonds. The first-order chi connectivity index (χ1) is 11.2. The Balaban J connectivity index is 1.69. The van der Waals surface area contributed by atoms with Crippen LogP contribution >= 0.6 is 12.2 Å². The third kappa shape index (κ3) is 5.68. The summed E-state index contributed by atoms with van der Waals surface area (Å²) in [7, 11) is -3.04. The molecular weight excluding hydrogens is 360 g/mol. The van der Waals surface area contributed by atoms with Crippen LogP contribution in [0, 0.1) is 11.6 Å². The minimum Gasteiger partial charge on any atom is -0.362 e. The Bertz CT molecular complexity index is 741. The van der Waals surface area contributed by atoms with E-state index in [4.69, 9.17) is 12.2 Å². The molecule has 1 heterocycles. The first-order valence-electron chi connectivity index (χ1n) is 7.25. The van der Waals surface area contributed by atoms with Crippen LogP contribution in [-0.4, -0.2) is 43.5 Å². The molecule has 0 saturated carbocycles. The molecule has 1 saturated heterocycles. The number of rotatable bonds is 5. The van der Waals surface area contributed by atoms with Crippen molar-refractivity contribution < 1.29 is 22.0 Å². The summed E-state index contributed by atoms with van der Waals surface area (Å²) in [6, 6.07) is 2.69. The van der Waals surface area contributed by atoms with Gasteiger partial charge in [0.2, 0.25) is 5.91 Å². The zero-order valence-corrected chi connectivity index (χ0v) is 14.3. The molecule has 10 heteroatoms. The molecule has 132 valence electrons. The lowest BCUT2D eigenvalue weighted by atomic mass is 10.2. The van der Waals surface area contributed by atoms with Crippen molar-refractivity contribution in [2.24, 2.45) is 0 Å². The molecule has 0 spiro atoms. The normalized spacial score (nSPS) is 18.8. The van der Waals surface area contributed by atoms with Gasteiger partial charge in [-0.25, -0.2) is 17.2 Å². The Hall–Kier alpha value is -1.81. The fourth-order valence-electron chi connectivity index (χ4n) is 2.26. The predicted octanol–water partition coefficient (Wildman–Crippen LogP) is 0.945. The highest BCUT2D eigenvalue weighted by atomic mass is 32.2. The van der Waals surface area contributed by atoms with E-state index in [2.05, 4.69) is 16.0 Å². The van der Waals surface area contributed by atoms with E-state index >= 15 is 0 Å². The number of thiocarbonyl (C=S) groups is 1. The van der Waals surface area contributed by atoms with Crippen molar-refractivity contribution in [2.75, 3.05) is 23.4 Å². The second-order valence-electron chi connectivity index (χ2n) is 5.42. The van der Waals surface area contributed by atoms with Crippen LogP contribution in [0.2, 0.25) is 0 Å². The molecule has 0 radical (unpaired) electrons. The Kier molecular flexibility index (Phi) is 6.05. The van der Waals surface area contributed by atoms with Gasteiger partial charge in [-0.2, -0.15) is 0 Å². The predicted molar refractivity (Wildman–Crippen MR) is 90.4 cm³/mol. The zero-order chi connectivity index (χ0) is 17.7. The van der Waals surface area contributed by atoms with E-state index in [1.165, 1.54) is 6.07 Å². The number of sulfone groups is 1. The SMILES string of the molecule is O=C(CCNC(=S)Nc1ccc(F)cc1F)NC1CCS(=O)(=O)C1. The summed E-state index contributed by atoms with van der Waals surface area (Å²) in [6.45, 7) is 0.194. The number of amides is 1.